The molecular weight excluding hydrogens is 325 g/mol. The SMILES string of the molecule is CC(C)C1CC(C(=O)NCc2cccnc2OCC(F)(F)F)NN1. The van der Waals surface area contributed by atoms with Gasteiger partial charge in [0.15, 0.2) is 6.61 Å². The molecule has 0 aliphatic carbocycles. The fourth-order valence-corrected chi connectivity index (χ4v) is 2.34. The average Bonchev–Trinajstić information content (AvgIpc) is 3.01. The van der Waals surface area contributed by atoms with E-state index >= 15 is 0 Å². The van der Waals surface area contributed by atoms with Crippen molar-refractivity contribution in [1.29, 1.82) is 0 Å². The number of halogens is 3. The molecule has 3 N–H and O–H groups in total. The Morgan fingerprint density at radius 3 is 2.83 bits per heavy atom. The van der Waals surface area contributed by atoms with E-state index in [0.717, 1.165) is 0 Å². The molecule has 2 unspecified atom stereocenters. The molecule has 24 heavy (non-hydrogen) atoms. The molecule has 0 aromatic carbocycles. The number of pyridine rings is 1. The maximum absolute atomic E-state index is 12.3. The van der Waals surface area contributed by atoms with E-state index in [9.17, 15) is 18.0 Å². The summed E-state index contributed by atoms with van der Waals surface area (Å²) in [4.78, 5) is 16.0. The van der Waals surface area contributed by atoms with E-state index in [4.69, 9.17) is 4.74 Å². The highest BCUT2D eigenvalue weighted by Crippen LogP contribution is 2.20. The van der Waals surface area contributed by atoms with Crippen LogP contribution in [0.1, 0.15) is 25.8 Å². The molecule has 2 atom stereocenters. The molecule has 1 amide bonds. The number of hydrogen-bond acceptors (Lipinski definition) is 5. The van der Waals surface area contributed by atoms with Crippen LogP contribution < -0.4 is 20.9 Å². The lowest BCUT2D eigenvalue weighted by molar-refractivity contribution is -0.154. The number of hydrazine groups is 1. The Kier molecular flexibility index (Phi) is 6.00. The molecule has 1 saturated heterocycles. The normalized spacial score (nSPS) is 21.1. The highest BCUT2D eigenvalue weighted by Gasteiger charge is 2.31. The highest BCUT2D eigenvalue weighted by molar-refractivity contribution is 5.82. The van der Waals surface area contributed by atoms with E-state index in [1.54, 1.807) is 12.1 Å². The van der Waals surface area contributed by atoms with Gasteiger partial charge in [-0.25, -0.2) is 10.4 Å². The molecule has 2 heterocycles. The fourth-order valence-electron chi connectivity index (χ4n) is 2.34. The summed E-state index contributed by atoms with van der Waals surface area (Å²) >= 11 is 0. The van der Waals surface area contributed by atoms with Crippen molar-refractivity contribution in [2.45, 2.75) is 45.1 Å². The van der Waals surface area contributed by atoms with Gasteiger partial charge in [-0.2, -0.15) is 13.2 Å². The average molecular weight is 346 g/mol. The summed E-state index contributed by atoms with van der Waals surface area (Å²) in [5.41, 5.74) is 6.38. The van der Waals surface area contributed by atoms with Crippen LogP contribution in [0, 0.1) is 5.92 Å². The van der Waals surface area contributed by atoms with E-state index in [-0.39, 0.29) is 30.4 Å². The van der Waals surface area contributed by atoms with Crippen molar-refractivity contribution in [2.24, 2.45) is 5.92 Å². The lowest BCUT2D eigenvalue weighted by Crippen LogP contribution is -2.43. The minimum absolute atomic E-state index is 0.0460. The minimum Gasteiger partial charge on any atom is -0.468 e. The van der Waals surface area contributed by atoms with Gasteiger partial charge < -0.3 is 10.1 Å². The Bertz CT molecular complexity index is 566. The van der Waals surface area contributed by atoms with Gasteiger partial charge in [-0.3, -0.25) is 10.2 Å². The second-order valence-electron chi connectivity index (χ2n) is 6.02. The molecule has 1 aliphatic heterocycles. The molecule has 0 radical (unpaired) electrons. The number of hydrogen-bond donors (Lipinski definition) is 3. The number of rotatable bonds is 6. The summed E-state index contributed by atoms with van der Waals surface area (Å²) in [6.07, 6.45) is -2.45. The molecule has 0 saturated carbocycles. The number of aromatic nitrogens is 1. The van der Waals surface area contributed by atoms with Gasteiger partial charge in [0.1, 0.15) is 6.04 Å². The van der Waals surface area contributed by atoms with Crippen LogP contribution in [0.4, 0.5) is 13.2 Å². The monoisotopic (exact) mass is 346 g/mol. The molecule has 134 valence electrons. The van der Waals surface area contributed by atoms with Crippen LogP contribution in [0.15, 0.2) is 18.3 Å². The van der Waals surface area contributed by atoms with E-state index < -0.39 is 12.8 Å². The number of nitrogens with zero attached hydrogens (tertiary/aromatic N) is 1. The van der Waals surface area contributed by atoms with Crippen molar-refractivity contribution >= 4 is 5.91 Å². The zero-order chi connectivity index (χ0) is 17.7. The van der Waals surface area contributed by atoms with Crippen LogP contribution in [-0.2, 0) is 11.3 Å². The Labute approximate surface area is 138 Å². The van der Waals surface area contributed by atoms with Crippen molar-refractivity contribution in [2.75, 3.05) is 6.61 Å². The largest absolute Gasteiger partial charge is 0.468 e. The van der Waals surface area contributed by atoms with Crippen molar-refractivity contribution in [1.82, 2.24) is 21.2 Å². The molecule has 0 bridgehead atoms. The van der Waals surface area contributed by atoms with E-state index in [1.165, 1.54) is 6.20 Å². The van der Waals surface area contributed by atoms with Crippen molar-refractivity contribution in [3.63, 3.8) is 0 Å². The predicted molar refractivity (Wildman–Crippen MR) is 80.9 cm³/mol. The Morgan fingerprint density at radius 1 is 1.46 bits per heavy atom. The number of amides is 1. The summed E-state index contributed by atoms with van der Waals surface area (Å²) in [7, 11) is 0. The molecule has 1 aromatic heterocycles. The number of alkyl halides is 3. The second-order valence-corrected chi connectivity index (χ2v) is 6.02. The summed E-state index contributed by atoms with van der Waals surface area (Å²) < 4.78 is 41.5. The fraction of sp³-hybridized carbons (Fsp3) is 0.600. The topological polar surface area (TPSA) is 75.3 Å². The Hall–Kier alpha value is -1.87. The summed E-state index contributed by atoms with van der Waals surface area (Å²) in [6.45, 7) is 2.73. The first kappa shape index (κ1) is 18.5. The summed E-state index contributed by atoms with van der Waals surface area (Å²) in [5.74, 6) is 0.0277. The van der Waals surface area contributed by atoms with E-state index in [0.29, 0.717) is 17.9 Å². The minimum atomic E-state index is -4.44. The van der Waals surface area contributed by atoms with Gasteiger partial charge in [0.25, 0.3) is 0 Å². The van der Waals surface area contributed by atoms with Crippen LogP contribution in [0.5, 0.6) is 5.88 Å². The van der Waals surface area contributed by atoms with Crippen molar-refractivity contribution < 1.29 is 22.7 Å². The van der Waals surface area contributed by atoms with Gasteiger partial charge >= 0.3 is 6.18 Å². The van der Waals surface area contributed by atoms with Gasteiger partial charge in [0.05, 0.1) is 0 Å². The molecule has 6 nitrogen and oxygen atoms in total. The number of carbonyl (C=O) groups is 1. The van der Waals surface area contributed by atoms with Crippen LogP contribution >= 0.6 is 0 Å². The molecule has 0 spiro atoms. The first-order chi connectivity index (χ1) is 11.3. The molecular formula is C15H21F3N4O2. The van der Waals surface area contributed by atoms with Crippen LogP contribution in [-0.4, -0.2) is 35.8 Å². The lowest BCUT2D eigenvalue weighted by atomic mass is 9.99. The van der Waals surface area contributed by atoms with Crippen LogP contribution in [0.2, 0.25) is 0 Å². The number of ether oxygens (including phenoxy) is 1. The van der Waals surface area contributed by atoms with Crippen LogP contribution in [0.25, 0.3) is 0 Å². The first-order valence-corrected chi connectivity index (χ1v) is 7.68. The summed E-state index contributed by atoms with van der Waals surface area (Å²) in [5, 5.41) is 2.70. The Balaban J connectivity index is 1.89. The lowest BCUT2D eigenvalue weighted by Gasteiger charge is -2.14. The van der Waals surface area contributed by atoms with E-state index in [2.05, 4.69) is 35.0 Å². The second kappa shape index (κ2) is 7.80. The van der Waals surface area contributed by atoms with Gasteiger partial charge in [-0.05, 0) is 18.4 Å². The third-order valence-electron chi connectivity index (χ3n) is 3.73. The molecule has 1 aromatic rings. The molecule has 1 aliphatic rings. The van der Waals surface area contributed by atoms with E-state index in [1.807, 2.05) is 0 Å². The number of carbonyl (C=O) groups excluding carboxylic acids is 1. The summed E-state index contributed by atoms with van der Waals surface area (Å²) in [6, 6.07) is 2.96. The van der Waals surface area contributed by atoms with Gasteiger partial charge in [0.2, 0.25) is 11.8 Å². The number of nitrogens with one attached hydrogen (secondary N) is 3. The maximum Gasteiger partial charge on any atom is 0.422 e. The Morgan fingerprint density at radius 2 is 2.21 bits per heavy atom. The van der Waals surface area contributed by atoms with Gasteiger partial charge in [-0.1, -0.05) is 19.9 Å². The third kappa shape index (κ3) is 5.34. The van der Waals surface area contributed by atoms with Gasteiger partial charge in [-0.15, -0.1) is 0 Å². The smallest absolute Gasteiger partial charge is 0.422 e. The molecule has 9 heteroatoms. The molecule has 1 fully saturated rings. The zero-order valence-electron chi connectivity index (χ0n) is 13.5. The van der Waals surface area contributed by atoms with Crippen LogP contribution in [0.3, 0.4) is 0 Å². The van der Waals surface area contributed by atoms with Crippen molar-refractivity contribution in [3.05, 3.63) is 23.9 Å². The predicted octanol–water partition coefficient (Wildman–Crippen LogP) is 1.53. The zero-order valence-corrected chi connectivity index (χ0v) is 13.5. The highest BCUT2D eigenvalue weighted by atomic mass is 19.4. The van der Waals surface area contributed by atoms with Crippen molar-refractivity contribution in [3.8, 4) is 5.88 Å². The molecule has 2 rings (SSSR count). The maximum atomic E-state index is 12.3. The van der Waals surface area contributed by atoms with Gasteiger partial charge in [0, 0.05) is 24.3 Å². The first-order valence-electron chi connectivity index (χ1n) is 7.68. The third-order valence-corrected chi connectivity index (χ3v) is 3.73. The standard InChI is InChI=1S/C15H21F3N4O2/c1-9(2)11-6-12(22-21-11)13(23)20-7-10-4-3-5-19-14(10)24-8-15(16,17)18/h3-5,9,11-12,21-22H,6-8H2,1-2H3,(H,20,23). The quantitative estimate of drug-likeness (QED) is 0.728.